The van der Waals surface area contributed by atoms with E-state index in [9.17, 15) is 9.59 Å². The summed E-state index contributed by atoms with van der Waals surface area (Å²) in [7, 11) is 0. The van der Waals surface area contributed by atoms with Crippen LogP contribution in [0.1, 0.15) is 44.2 Å². The number of halogens is 2. The Kier molecular flexibility index (Phi) is 9.49. The SMILES string of the molecule is CCCNC(=O)[C@@H](Cc1ccccc1)N(Cc1c(Cl)cccc1Cl)C(=O)CCC. The number of nitrogens with zero attached hydrogens (tertiary/aromatic N) is 1. The molecule has 0 bridgehead atoms. The Morgan fingerprint density at radius 2 is 1.62 bits per heavy atom. The monoisotopic (exact) mass is 434 g/mol. The maximum atomic E-state index is 13.0. The van der Waals surface area contributed by atoms with Gasteiger partial charge < -0.3 is 10.2 Å². The van der Waals surface area contributed by atoms with E-state index in [1.54, 1.807) is 23.1 Å². The first kappa shape index (κ1) is 23.2. The van der Waals surface area contributed by atoms with Gasteiger partial charge in [-0.25, -0.2) is 0 Å². The number of amides is 2. The number of benzene rings is 2. The summed E-state index contributed by atoms with van der Waals surface area (Å²) in [4.78, 5) is 27.7. The second-order valence-electron chi connectivity index (χ2n) is 6.97. The smallest absolute Gasteiger partial charge is 0.243 e. The molecular formula is C23H28Cl2N2O2. The lowest BCUT2D eigenvalue weighted by molar-refractivity contribution is -0.141. The molecule has 2 aromatic rings. The van der Waals surface area contributed by atoms with Crippen LogP contribution in [-0.4, -0.2) is 29.3 Å². The van der Waals surface area contributed by atoms with Crippen LogP contribution in [0.25, 0.3) is 0 Å². The Morgan fingerprint density at radius 3 is 2.21 bits per heavy atom. The first-order chi connectivity index (χ1) is 14.0. The van der Waals surface area contributed by atoms with Gasteiger partial charge in [0.25, 0.3) is 0 Å². The molecule has 2 aromatic carbocycles. The lowest BCUT2D eigenvalue weighted by Crippen LogP contribution is -2.50. The molecule has 0 saturated carbocycles. The molecule has 0 spiro atoms. The van der Waals surface area contributed by atoms with Crippen molar-refractivity contribution in [2.45, 2.75) is 52.1 Å². The summed E-state index contributed by atoms with van der Waals surface area (Å²) in [6.07, 6.45) is 2.30. The van der Waals surface area contributed by atoms with Crippen molar-refractivity contribution in [3.63, 3.8) is 0 Å². The second-order valence-corrected chi connectivity index (χ2v) is 7.78. The summed E-state index contributed by atoms with van der Waals surface area (Å²) in [5.41, 5.74) is 1.64. The molecule has 2 rings (SSSR count). The van der Waals surface area contributed by atoms with Crippen LogP contribution < -0.4 is 5.32 Å². The Morgan fingerprint density at radius 1 is 0.966 bits per heavy atom. The fourth-order valence-corrected chi connectivity index (χ4v) is 3.65. The highest BCUT2D eigenvalue weighted by Crippen LogP contribution is 2.27. The van der Waals surface area contributed by atoms with Gasteiger partial charge in [-0.1, -0.05) is 73.4 Å². The molecule has 4 nitrogen and oxygen atoms in total. The van der Waals surface area contributed by atoms with E-state index in [1.807, 2.05) is 44.2 Å². The van der Waals surface area contributed by atoms with E-state index in [0.29, 0.717) is 41.4 Å². The molecule has 1 N–H and O–H groups in total. The number of hydrogen-bond donors (Lipinski definition) is 1. The van der Waals surface area contributed by atoms with Gasteiger partial charge >= 0.3 is 0 Å². The third-order valence-corrected chi connectivity index (χ3v) is 5.38. The Hall–Kier alpha value is -2.04. The fourth-order valence-electron chi connectivity index (χ4n) is 3.13. The van der Waals surface area contributed by atoms with Crippen LogP contribution in [0.3, 0.4) is 0 Å². The van der Waals surface area contributed by atoms with Crippen LogP contribution in [0.4, 0.5) is 0 Å². The maximum Gasteiger partial charge on any atom is 0.243 e. The standard InChI is InChI=1S/C23H28Cl2N2O2/c1-3-9-22(28)27(16-18-19(24)12-8-13-20(18)25)21(23(29)26-14-4-2)15-17-10-6-5-7-11-17/h5-8,10-13,21H,3-4,9,14-16H2,1-2H3,(H,26,29)/t21-/m1/s1. The highest BCUT2D eigenvalue weighted by atomic mass is 35.5. The van der Waals surface area contributed by atoms with Crippen molar-refractivity contribution >= 4 is 35.0 Å². The van der Waals surface area contributed by atoms with E-state index in [-0.39, 0.29) is 18.4 Å². The van der Waals surface area contributed by atoms with Crippen LogP contribution in [-0.2, 0) is 22.6 Å². The minimum atomic E-state index is -0.643. The third kappa shape index (κ3) is 6.76. The van der Waals surface area contributed by atoms with Gasteiger partial charge in [-0.05, 0) is 30.5 Å². The van der Waals surface area contributed by atoms with Crippen molar-refractivity contribution in [2.24, 2.45) is 0 Å². The zero-order valence-corrected chi connectivity index (χ0v) is 18.5. The van der Waals surface area contributed by atoms with Crippen molar-refractivity contribution in [2.75, 3.05) is 6.54 Å². The molecule has 2 amide bonds. The molecule has 0 fully saturated rings. The molecule has 6 heteroatoms. The van der Waals surface area contributed by atoms with E-state index in [4.69, 9.17) is 23.2 Å². The molecule has 1 atom stereocenters. The predicted octanol–water partition coefficient (Wildman–Crippen LogP) is 5.26. The van der Waals surface area contributed by atoms with E-state index in [2.05, 4.69) is 5.32 Å². The topological polar surface area (TPSA) is 49.4 Å². The molecule has 0 unspecified atom stereocenters. The second kappa shape index (κ2) is 11.8. The van der Waals surface area contributed by atoms with E-state index in [1.165, 1.54) is 0 Å². The summed E-state index contributed by atoms with van der Waals surface area (Å²) in [5, 5.41) is 3.92. The molecule has 0 aliphatic heterocycles. The molecule has 0 heterocycles. The van der Waals surface area contributed by atoms with E-state index >= 15 is 0 Å². The van der Waals surface area contributed by atoms with Crippen molar-refractivity contribution in [1.82, 2.24) is 10.2 Å². The highest BCUT2D eigenvalue weighted by Gasteiger charge is 2.30. The number of carbonyl (C=O) groups excluding carboxylic acids is 2. The molecule has 0 saturated heterocycles. The van der Waals surface area contributed by atoms with Crippen molar-refractivity contribution in [3.8, 4) is 0 Å². The van der Waals surface area contributed by atoms with E-state index < -0.39 is 6.04 Å². The van der Waals surface area contributed by atoms with Gasteiger partial charge in [0.2, 0.25) is 11.8 Å². The molecular weight excluding hydrogens is 407 g/mol. The average Bonchev–Trinajstić information content (AvgIpc) is 2.71. The predicted molar refractivity (Wildman–Crippen MR) is 119 cm³/mol. The normalized spacial score (nSPS) is 11.7. The first-order valence-corrected chi connectivity index (χ1v) is 10.8. The maximum absolute atomic E-state index is 13.0. The zero-order valence-electron chi connectivity index (χ0n) is 17.0. The quantitative estimate of drug-likeness (QED) is 0.554. The van der Waals surface area contributed by atoms with Crippen LogP contribution in [0, 0.1) is 0 Å². The number of hydrogen-bond acceptors (Lipinski definition) is 2. The molecule has 156 valence electrons. The van der Waals surface area contributed by atoms with Crippen LogP contribution in [0.5, 0.6) is 0 Å². The van der Waals surface area contributed by atoms with Gasteiger partial charge in [0, 0.05) is 41.5 Å². The average molecular weight is 435 g/mol. The Bertz CT molecular complexity index is 792. The molecule has 0 radical (unpaired) electrons. The third-order valence-electron chi connectivity index (χ3n) is 4.67. The first-order valence-electron chi connectivity index (χ1n) is 10.0. The van der Waals surface area contributed by atoms with Crippen LogP contribution in [0.15, 0.2) is 48.5 Å². The summed E-state index contributed by atoms with van der Waals surface area (Å²) in [6.45, 7) is 4.69. The lowest BCUT2D eigenvalue weighted by Gasteiger charge is -2.32. The number of carbonyl (C=O) groups is 2. The van der Waals surface area contributed by atoms with Gasteiger partial charge in [0.05, 0.1) is 0 Å². The van der Waals surface area contributed by atoms with Gasteiger partial charge in [-0.3, -0.25) is 9.59 Å². The van der Waals surface area contributed by atoms with Crippen molar-refractivity contribution in [1.29, 1.82) is 0 Å². The highest BCUT2D eigenvalue weighted by molar-refractivity contribution is 6.36. The van der Waals surface area contributed by atoms with E-state index in [0.717, 1.165) is 12.0 Å². The molecule has 29 heavy (non-hydrogen) atoms. The molecule has 0 aliphatic carbocycles. The lowest BCUT2D eigenvalue weighted by atomic mass is 10.0. The largest absolute Gasteiger partial charge is 0.354 e. The Labute approximate surface area is 183 Å². The van der Waals surface area contributed by atoms with Gasteiger partial charge in [-0.15, -0.1) is 0 Å². The van der Waals surface area contributed by atoms with Gasteiger partial charge in [0.15, 0.2) is 0 Å². The van der Waals surface area contributed by atoms with Crippen LogP contribution in [0.2, 0.25) is 10.0 Å². The summed E-state index contributed by atoms with van der Waals surface area (Å²) in [5.74, 6) is -0.251. The molecule has 0 aromatic heterocycles. The van der Waals surface area contributed by atoms with Gasteiger partial charge in [-0.2, -0.15) is 0 Å². The van der Waals surface area contributed by atoms with Crippen LogP contribution >= 0.6 is 23.2 Å². The zero-order chi connectivity index (χ0) is 21.2. The Balaban J connectivity index is 2.41. The van der Waals surface area contributed by atoms with Crippen molar-refractivity contribution in [3.05, 3.63) is 69.7 Å². The minimum Gasteiger partial charge on any atom is -0.354 e. The number of nitrogens with one attached hydrogen (secondary N) is 1. The minimum absolute atomic E-state index is 0.0870. The number of rotatable bonds is 10. The summed E-state index contributed by atoms with van der Waals surface area (Å²) >= 11 is 12.7. The van der Waals surface area contributed by atoms with Gasteiger partial charge in [0.1, 0.15) is 6.04 Å². The molecule has 0 aliphatic rings. The summed E-state index contributed by atoms with van der Waals surface area (Å²) in [6, 6.07) is 14.3. The summed E-state index contributed by atoms with van der Waals surface area (Å²) < 4.78 is 0. The fraction of sp³-hybridized carbons (Fsp3) is 0.391. The van der Waals surface area contributed by atoms with Crippen molar-refractivity contribution < 1.29 is 9.59 Å².